The monoisotopic (exact) mass is 303 g/mol. The minimum Gasteiger partial charge on any atom is -0.401 e. The second-order valence-corrected chi connectivity index (χ2v) is 5.80. The van der Waals surface area contributed by atoms with Crippen molar-refractivity contribution in [2.75, 3.05) is 0 Å². The van der Waals surface area contributed by atoms with Gasteiger partial charge in [0, 0.05) is 10.9 Å². The number of benzene rings is 1. The molecule has 2 nitrogen and oxygen atoms in total. The zero-order valence-corrected chi connectivity index (χ0v) is 12.2. The number of alkyl halides is 3. The Kier molecular flexibility index (Phi) is 5.28. The molecule has 0 aromatic heterocycles. The Bertz CT molecular complexity index is 516. The first-order valence-electron chi connectivity index (χ1n) is 5.94. The molecule has 1 aromatic rings. The third-order valence-corrected chi connectivity index (χ3v) is 4.15. The number of hydrogen-bond donors (Lipinski definition) is 1. The molecule has 110 valence electrons. The van der Waals surface area contributed by atoms with E-state index in [1.165, 1.54) is 30.8 Å². The standard InChI is InChI=1S/C14H16F3NOS/c1-8(18)13(9(2)19)20-10(3)11-4-6-12(7-5-11)14(15,16)17/h4-7,10H,18H2,1-3H3/b13-8-. The van der Waals surface area contributed by atoms with E-state index in [0.717, 1.165) is 12.1 Å². The summed E-state index contributed by atoms with van der Waals surface area (Å²) >= 11 is 1.25. The first-order valence-corrected chi connectivity index (χ1v) is 6.82. The van der Waals surface area contributed by atoms with Crippen LogP contribution in [0.5, 0.6) is 0 Å². The van der Waals surface area contributed by atoms with Gasteiger partial charge in [-0.25, -0.2) is 0 Å². The minimum absolute atomic E-state index is 0.145. The normalized spacial score (nSPS) is 14.7. The molecule has 2 N–H and O–H groups in total. The van der Waals surface area contributed by atoms with Gasteiger partial charge < -0.3 is 5.73 Å². The summed E-state index contributed by atoms with van der Waals surface area (Å²) < 4.78 is 37.4. The molecule has 0 aliphatic carbocycles. The van der Waals surface area contributed by atoms with Gasteiger partial charge in [0.25, 0.3) is 0 Å². The lowest BCUT2D eigenvalue weighted by molar-refractivity contribution is -0.137. The molecule has 0 bridgehead atoms. The average molecular weight is 303 g/mol. The van der Waals surface area contributed by atoms with E-state index in [1.807, 2.05) is 6.92 Å². The fourth-order valence-electron chi connectivity index (χ4n) is 1.64. The summed E-state index contributed by atoms with van der Waals surface area (Å²) in [5, 5.41) is -0.158. The third-order valence-electron chi connectivity index (χ3n) is 2.68. The van der Waals surface area contributed by atoms with E-state index in [1.54, 1.807) is 6.92 Å². The van der Waals surface area contributed by atoms with Crippen LogP contribution in [0.3, 0.4) is 0 Å². The van der Waals surface area contributed by atoms with E-state index in [9.17, 15) is 18.0 Å². The Hall–Kier alpha value is -1.43. The van der Waals surface area contributed by atoms with Crippen LogP contribution in [0.4, 0.5) is 13.2 Å². The van der Waals surface area contributed by atoms with Crippen molar-refractivity contribution in [3.63, 3.8) is 0 Å². The molecule has 0 saturated heterocycles. The maximum atomic E-state index is 12.5. The largest absolute Gasteiger partial charge is 0.416 e. The molecule has 0 radical (unpaired) electrons. The highest BCUT2D eigenvalue weighted by Crippen LogP contribution is 2.37. The van der Waals surface area contributed by atoms with Crippen molar-refractivity contribution < 1.29 is 18.0 Å². The van der Waals surface area contributed by atoms with Crippen molar-refractivity contribution in [2.24, 2.45) is 5.73 Å². The Morgan fingerprint density at radius 3 is 2.05 bits per heavy atom. The van der Waals surface area contributed by atoms with Crippen LogP contribution in [0.1, 0.15) is 37.1 Å². The number of carbonyl (C=O) groups is 1. The van der Waals surface area contributed by atoms with E-state index >= 15 is 0 Å². The molecule has 0 fully saturated rings. The van der Waals surface area contributed by atoms with E-state index in [0.29, 0.717) is 16.2 Å². The lowest BCUT2D eigenvalue weighted by Crippen LogP contribution is -2.06. The SMILES string of the molecule is CC(=O)/C(SC(C)c1ccc(C(F)(F)F)cc1)=C(\C)N. The van der Waals surface area contributed by atoms with Crippen molar-refractivity contribution in [1.82, 2.24) is 0 Å². The van der Waals surface area contributed by atoms with Gasteiger partial charge in [-0.2, -0.15) is 13.2 Å². The van der Waals surface area contributed by atoms with E-state index < -0.39 is 11.7 Å². The number of rotatable bonds is 4. The van der Waals surface area contributed by atoms with Crippen molar-refractivity contribution in [1.29, 1.82) is 0 Å². The van der Waals surface area contributed by atoms with Gasteiger partial charge in [0.15, 0.2) is 5.78 Å². The number of thioether (sulfide) groups is 1. The maximum absolute atomic E-state index is 12.5. The van der Waals surface area contributed by atoms with Gasteiger partial charge in [-0.3, -0.25) is 4.79 Å². The average Bonchev–Trinajstić information content (AvgIpc) is 2.34. The van der Waals surface area contributed by atoms with Crippen LogP contribution in [-0.2, 0) is 11.0 Å². The van der Waals surface area contributed by atoms with Crippen LogP contribution in [0.25, 0.3) is 0 Å². The number of Topliss-reactive ketones (excluding diaryl/α,β-unsaturated/α-hetero) is 1. The van der Waals surface area contributed by atoms with Gasteiger partial charge in [0.1, 0.15) is 0 Å². The topological polar surface area (TPSA) is 43.1 Å². The molecule has 0 spiro atoms. The van der Waals surface area contributed by atoms with Crippen LogP contribution >= 0.6 is 11.8 Å². The zero-order chi connectivity index (χ0) is 15.5. The minimum atomic E-state index is -4.34. The van der Waals surface area contributed by atoms with Gasteiger partial charge in [-0.05, 0) is 38.5 Å². The number of nitrogens with two attached hydrogens (primary N) is 1. The molecule has 1 atom stereocenters. The highest BCUT2D eigenvalue weighted by molar-refractivity contribution is 8.04. The molecule has 0 aliphatic heterocycles. The van der Waals surface area contributed by atoms with Crippen LogP contribution < -0.4 is 5.73 Å². The molecular weight excluding hydrogens is 287 g/mol. The second kappa shape index (κ2) is 6.35. The quantitative estimate of drug-likeness (QED) is 0.844. The Morgan fingerprint density at radius 2 is 1.70 bits per heavy atom. The fraction of sp³-hybridized carbons (Fsp3) is 0.357. The first kappa shape index (κ1) is 16.6. The first-order chi connectivity index (χ1) is 9.12. The number of allylic oxidation sites excluding steroid dienone is 2. The number of hydrogen-bond acceptors (Lipinski definition) is 3. The Morgan fingerprint density at radius 1 is 1.20 bits per heavy atom. The molecule has 0 aliphatic rings. The molecule has 0 heterocycles. The number of carbonyl (C=O) groups excluding carboxylic acids is 1. The molecule has 6 heteroatoms. The molecule has 1 unspecified atom stereocenters. The summed E-state index contributed by atoms with van der Waals surface area (Å²) in [4.78, 5) is 11.9. The highest BCUT2D eigenvalue weighted by Gasteiger charge is 2.30. The summed E-state index contributed by atoms with van der Waals surface area (Å²) in [5.74, 6) is -0.145. The Balaban J connectivity index is 2.91. The summed E-state index contributed by atoms with van der Waals surface area (Å²) in [5.41, 5.74) is 6.08. The Labute approximate surface area is 120 Å². The molecule has 0 saturated carbocycles. The van der Waals surface area contributed by atoms with Crippen LogP contribution in [0.15, 0.2) is 34.9 Å². The zero-order valence-electron chi connectivity index (χ0n) is 11.4. The number of halogens is 3. The summed E-state index contributed by atoms with van der Waals surface area (Å²) in [6, 6.07) is 4.92. The van der Waals surface area contributed by atoms with Crippen molar-refractivity contribution in [3.8, 4) is 0 Å². The molecule has 1 aromatic carbocycles. The highest BCUT2D eigenvalue weighted by atomic mass is 32.2. The smallest absolute Gasteiger partial charge is 0.401 e. The number of ketones is 1. The van der Waals surface area contributed by atoms with E-state index in [-0.39, 0.29) is 11.0 Å². The summed E-state index contributed by atoms with van der Waals surface area (Å²) in [6.07, 6.45) is -4.34. The van der Waals surface area contributed by atoms with Gasteiger partial charge in [-0.1, -0.05) is 12.1 Å². The third kappa shape index (κ3) is 4.30. The van der Waals surface area contributed by atoms with Crippen LogP contribution in [0.2, 0.25) is 0 Å². The predicted molar refractivity (Wildman–Crippen MR) is 75.0 cm³/mol. The molecule has 20 heavy (non-hydrogen) atoms. The second-order valence-electron chi connectivity index (χ2n) is 4.45. The lowest BCUT2D eigenvalue weighted by Gasteiger charge is -2.15. The lowest BCUT2D eigenvalue weighted by atomic mass is 10.1. The molecular formula is C14H16F3NOS. The summed E-state index contributed by atoms with van der Waals surface area (Å²) in [7, 11) is 0. The summed E-state index contributed by atoms with van der Waals surface area (Å²) in [6.45, 7) is 4.86. The van der Waals surface area contributed by atoms with Crippen LogP contribution in [0, 0.1) is 0 Å². The maximum Gasteiger partial charge on any atom is 0.416 e. The van der Waals surface area contributed by atoms with Gasteiger partial charge in [0.05, 0.1) is 10.5 Å². The van der Waals surface area contributed by atoms with Crippen LogP contribution in [-0.4, -0.2) is 5.78 Å². The van der Waals surface area contributed by atoms with Crippen molar-refractivity contribution >= 4 is 17.5 Å². The van der Waals surface area contributed by atoms with Gasteiger partial charge >= 0.3 is 6.18 Å². The van der Waals surface area contributed by atoms with Gasteiger partial charge in [0.2, 0.25) is 0 Å². The van der Waals surface area contributed by atoms with Crippen molar-refractivity contribution in [3.05, 3.63) is 46.0 Å². The molecule has 0 amide bonds. The van der Waals surface area contributed by atoms with E-state index in [2.05, 4.69) is 0 Å². The molecule has 1 rings (SSSR count). The van der Waals surface area contributed by atoms with Gasteiger partial charge in [-0.15, -0.1) is 11.8 Å². The fourth-order valence-corrected chi connectivity index (χ4v) is 2.64. The van der Waals surface area contributed by atoms with E-state index in [4.69, 9.17) is 5.73 Å². The van der Waals surface area contributed by atoms with Crippen molar-refractivity contribution in [2.45, 2.75) is 32.2 Å². The predicted octanol–water partition coefficient (Wildman–Crippen LogP) is 4.28.